The highest BCUT2D eigenvalue weighted by atomic mass is 32.1. The second kappa shape index (κ2) is 5.26. The van der Waals surface area contributed by atoms with Gasteiger partial charge in [-0.05, 0) is 67.2 Å². The van der Waals surface area contributed by atoms with Gasteiger partial charge in [0.25, 0.3) is 5.89 Å². The molecule has 0 bridgehead atoms. The molecule has 2 aliphatic rings. The number of aromatic nitrogens is 3. The van der Waals surface area contributed by atoms with Crippen LogP contribution in [0.5, 0.6) is 0 Å². The van der Waals surface area contributed by atoms with Crippen LogP contribution in [0.2, 0.25) is 0 Å². The molecule has 26 heavy (non-hydrogen) atoms. The zero-order valence-electron chi connectivity index (χ0n) is 15.9. The Hall–Kier alpha value is -2.01. The van der Waals surface area contributed by atoms with Gasteiger partial charge in [0.1, 0.15) is 0 Å². The lowest BCUT2D eigenvalue weighted by molar-refractivity contribution is 0.540. The van der Waals surface area contributed by atoms with E-state index in [1.54, 1.807) is 5.56 Å². The quantitative estimate of drug-likeness (QED) is 0.629. The summed E-state index contributed by atoms with van der Waals surface area (Å²) < 4.78 is 6.11. The van der Waals surface area contributed by atoms with Crippen molar-refractivity contribution in [2.75, 3.05) is 0 Å². The molecule has 0 amide bonds. The summed E-state index contributed by atoms with van der Waals surface area (Å²) in [6.45, 7) is 11.1. The first-order valence-corrected chi connectivity index (χ1v) is 10.2. The Labute approximate surface area is 157 Å². The molecule has 5 rings (SSSR count). The van der Waals surface area contributed by atoms with Crippen molar-refractivity contribution in [3.63, 3.8) is 0 Å². The van der Waals surface area contributed by atoms with Gasteiger partial charge >= 0.3 is 0 Å². The topological polar surface area (TPSA) is 51.8 Å². The standard InChI is InChI=1S/C21H23N3OS/c1-6-13-8-12(7-10(2)22-13)19-23-24-20(25-19)18-14-9-15-17(21(15,4)5)16(14)11(3)26-18/h7-8,15,17H,6,9H2,1-5H3/t15-,17-/m1/s1. The average molecular weight is 366 g/mol. The first-order chi connectivity index (χ1) is 12.4. The fraction of sp³-hybridized carbons (Fsp3) is 0.476. The summed E-state index contributed by atoms with van der Waals surface area (Å²) in [6, 6.07) is 4.06. The molecule has 0 radical (unpaired) electrons. The van der Waals surface area contributed by atoms with Crippen LogP contribution < -0.4 is 0 Å². The lowest BCUT2D eigenvalue weighted by atomic mass is 9.95. The highest BCUT2D eigenvalue weighted by Crippen LogP contribution is 2.72. The van der Waals surface area contributed by atoms with E-state index in [0.717, 1.165) is 41.6 Å². The number of pyridine rings is 1. The largest absolute Gasteiger partial charge is 0.415 e. The van der Waals surface area contributed by atoms with E-state index in [9.17, 15) is 0 Å². The summed E-state index contributed by atoms with van der Waals surface area (Å²) in [5.74, 6) is 2.76. The summed E-state index contributed by atoms with van der Waals surface area (Å²) in [5, 5.41) is 8.72. The maximum atomic E-state index is 6.11. The Bertz CT molecular complexity index is 1030. The number of hydrogen-bond donors (Lipinski definition) is 0. The number of fused-ring (bicyclic) bond motifs is 3. The monoisotopic (exact) mass is 365 g/mol. The van der Waals surface area contributed by atoms with Crippen LogP contribution in [-0.2, 0) is 12.8 Å². The van der Waals surface area contributed by atoms with Crippen molar-refractivity contribution in [3.8, 4) is 22.2 Å². The van der Waals surface area contributed by atoms with Gasteiger partial charge in [-0.15, -0.1) is 21.5 Å². The molecule has 4 nitrogen and oxygen atoms in total. The maximum absolute atomic E-state index is 6.11. The van der Waals surface area contributed by atoms with Gasteiger partial charge in [-0.2, -0.15) is 0 Å². The molecule has 0 saturated heterocycles. The zero-order valence-corrected chi connectivity index (χ0v) is 16.7. The third-order valence-electron chi connectivity index (χ3n) is 6.25. The van der Waals surface area contributed by atoms with E-state index < -0.39 is 0 Å². The van der Waals surface area contributed by atoms with Crippen LogP contribution in [0.1, 0.15) is 54.1 Å². The maximum Gasteiger partial charge on any atom is 0.258 e. The molecule has 0 spiro atoms. The van der Waals surface area contributed by atoms with E-state index in [1.807, 2.05) is 30.4 Å². The zero-order chi connectivity index (χ0) is 18.2. The summed E-state index contributed by atoms with van der Waals surface area (Å²) >= 11 is 1.81. The van der Waals surface area contributed by atoms with E-state index >= 15 is 0 Å². The summed E-state index contributed by atoms with van der Waals surface area (Å²) in [5.41, 5.74) is 6.47. The number of aryl methyl sites for hydroxylation is 3. The summed E-state index contributed by atoms with van der Waals surface area (Å²) in [4.78, 5) is 7.13. The van der Waals surface area contributed by atoms with E-state index in [-0.39, 0.29) is 0 Å². The minimum atomic E-state index is 0.460. The lowest BCUT2D eigenvalue weighted by Crippen LogP contribution is -1.99. The molecule has 0 aliphatic heterocycles. The lowest BCUT2D eigenvalue weighted by Gasteiger charge is -2.09. The molecular weight excluding hydrogens is 342 g/mol. The molecule has 0 unspecified atom stereocenters. The normalized spacial score (nSPS) is 22.3. The minimum Gasteiger partial charge on any atom is -0.415 e. The molecule has 134 valence electrons. The fourth-order valence-corrected chi connectivity index (χ4v) is 5.93. The molecule has 2 aliphatic carbocycles. The SMILES string of the molecule is CCc1cc(-c2nnc(-c3sc(C)c4c3C[C@@H]3[C@H]4C3(C)C)o2)cc(C)n1. The van der Waals surface area contributed by atoms with Gasteiger partial charge in [0.2, 0.25) is 5.89 Å². The van der Waals surface area contributed by atoms with E-state index in [4.69, 9.17) is 4.42 Å². The van der Waals surface area contributed by atoms with Gasteiger partial charge in [-0.1, -0.05) is 20.8 Å². The van der Waals surface area contributed by atoms with E-state index in [2.05, 4.69) is 42.9 Å². The Kier molecular flexibility index (Phi) is 3.27. The van der Waals surface area contributed by atoms with Crippen molar-refractivity contribution in [1.29, 1.82) is 0 Å². The highest BCUT2D eigenvalue weighted by molar-refractivity contribution is 7.15. The van der Waals surface area contributed by atoms with Gasteiger partial charge in [0.15, 0.2) is 0 Å². The molecule has 3 heterocycles. The number of rotatable bonds is 3. The fourth-order valence-electron chi connectivity index (χ4n) is 4.78. The number of nitrogens with zero attached hydrogens (tertiary/aromatic N) is 3. The Balaban J connectivity index is 1.54. The Morgan fingerprint density at radius 3 is 2.73 bits per heavy atom. The molecule has 1 fully saturated rings. The molecule has 3 aromatic rings. The van der Waals surface area contributed by atoms with Crippen LogP contribution in [0.3, 0.4) is 0 Å². The molecule has 0 N–H and O–H groups in total. The van der Waals surface area contributed by atoms with Gasteiger partial charge in [-0.25, -0.2) is 0 Å². The molecule has 1 saturated carbocycles. The first kappa shape index (κ1) is 16.2. The van der Waals surface area contributed by atoms with Crippen LogP contribution >= 0.6 is 11.3 Å². The second-order valence-electron chi connectivity index (χ2n) is 8.24. The Morgan fingerprint density at radius 2 is 1.96 bits per heavy atom. The summed E-state index contributed by atoms with van der Waals surface area (Å²) in [6.07, 6.45) is 2.05. The van der Waals surface area contributed by atoms with Crippen molar-refractivity contribution in [1.82, 2.24) is 15.2 Å². The predicted molar refractivity (Wildman–Crippen MR) is 103 cm³/mol. The predicted octanol–water partition coefficient (Wildman–Crippen LogP) is 5.34. The van der Waals surface area contributed by atoms with Crippen LogP contribution in [0.25, 0.3) is 22.2 Å². The Morgan fingerprint density at radius 1 is 1.19 bits per heavy atom. The van der Waals surface area contributed by atoms with Crippen molar-refractivity contribution in [2.24, 2.45) is 11.3 Å². The van der Waals surface area contributed by atoms with Crippen molar-refractivity contribution in [3.05, 3.63) is 39.5 Å². The van der Waals surface area contributed by atoms with Crippen LogP contribution in [-0.4, -0.2) is 15.2 Å². The molecule has 2 atom stereocenters. The van der Waals surface area contributed by atoms with Gasteiger partial charge in [-0.3, -0.25) is 4.98 Å². The molecule has 5 heteroatoms. The molecular formula is C21H23N3OS. The van der Waals surface area contributed by atoms with Crippen molar-refractivity contribution in [2.45, 2.75) is 53.4 Å². The third-order valence-corrected chi connectivity index (χ3v) is 7.41. The van der Waals surface area contributed by atoms with Gasteiger partial charge in [0, 0.05) is 21.8 Å². The second-order valence-corrected chi connectivity index (χ2v) is 9.47. The molecule has 0 aromatic carbocycles. The van der Waals surface area contributed by atoms with Gasteiger partial charge < -0.3 is 4.42 Å². The number of thiophene rings is 1. The average Bonchev–Trinajstić information content (AvgIpc) is 3.11. The van der Waals surface area contributed by atoms with Gasteiger partial charge in [0.05, 0.1) is 4.88 Å². The smallest absolute Gasteiger partial charge is 0.258 e. The van der Waals surface area contributed by atoms with Crippen LogP contribution in [0.4, 0.5) is 0 Å². The van der Waals surface area contributed by atoms with Crippen LogP contribution in [0, 0.1) is 25.2 Å². The van der Waals surface area contributed by atoms with E-state index in [1.165, 1.54) is 15.3 Å². The third kappa shape index (κ3) is 2.16. The first-order valence-electron chi connectivity index (χ1n) is 9.34. The van der Waals surface area contributed by atoms with E-state index in [0.29, 0.717) is 17.2 Å². The van der Waals surface area contributed by atoms with Crippen molar-refractivity contribution < 1.29 is 4.42 Å². The summed E-state index contributed by atoms with van der Waals surface area (Å²) in [7, 11) is 0. The number of hydrogen-bond acceptors (Lipinski definition) is 5. The van der Waals surface area contributed by atoms with Crippen molar-refractivity contribution >= 4 is 11.3 Å². The van der Waals surface area contributed by atoms with Crippen LogP contribution in [0.15, 0.2) is 16.5 Å². The highest BCUT2D eigenvalue weighted by Gasteiger charge is 2.63. The molecule has 3 aromatic heterocycles. The minimum absolute atomic E-state index is 0.460.